The Morgan fingerprint density at radius 1 is 1.50 bits per heavy atom. The summed E-state index contributed by atoms with van der Waals surface area (Å²) in [5, 5.41) is 3.25. The molecule has 1 aliphatic rings. The second-order valence-corrected chi connectivity index (χ2v) is 5.00. The largest absolute Gasteiger partial charge is 0.359 e. The maximum Gasteiger partial charge on any atom is 0.222 e. The zero-order valence-electron chi connectivity index (χ0n) is 10.5. The Hall–Kier alpha value is -1.13. The molecule has 1 saturated heterocycles. The van der Waals surface area contributed by atoms with E-state index in [1.807, 2.05) is 12.1 Å². The Bertz CT molecular complexity index is 416. The SMILES string of the molecule is CNC(=O)C1CCN(Cc2cccc(Cl)n2)CC1. The predicted octanol–water partition coefficient (Wildman–Crippen LogP) is 1.69. The van der Waals surface area contributed by atoms with Crippen molar-refractivity contribution in [3.63, 3.8) is 0 Å². The number of aromatic nitrogens is 1. The second kappa shape index (κ2) is 6.16. The third-order valence-corrected chi connectivity index (χ3v) is 3.57. The zero-order chi connectivity index (χ0) is 13.0. The van der Waals surface area contributed by atoms with Crippen molar-refractivity contribution in [2.75, 3.05) is 20.1 Å². The predicted molar refractivity (Wildman–Crippen MR) is 71.3 cm³/mol. The van der Waals surface area contributed by atoms with Gasteiger partial charge in [0, 0.05) is 19.5 Å². The molecule has 1 aromatic heterocycles. The maximum absolute atomic E-state index is 11.5. The van der Waals surface area contributed by atoms with E-state index in [1.54, 1.807) is 13.1 Å². The van der Waals surface area contributed by atoms with Gasteiger partial charge in [0.1, 0.15) is 5.15 Å². The van der Waals surface area contributed by atoms with E-state index in [4.69, 9.17) is 11.6 Å². The molecular formula is C13H18ClN3O. The van der Waals surface area contributed by atoms with Gasteiger partial charge in [0.2, 0.25) is 5.91 Å². The molecule has 0 radical (unpaired) electrons. The molecule has 0 unspecified atom stereocenters. The van der Waals surface area contributed by atoms with Gasteiger partial charge in [-0.25, -0.2) is 4.98 Å². The molecule has 1 amide bonds. The molecule has 1 N–H and O–H groups in total. The van der Waals surface area contributed by atoms with Crippen molar-refractivity contribution in [3.8, 4) is 0 Å². The summed E-state index contributed by atoms with van der Waals surface area (Å²) in [6.45, 7) is 2.68. The molecular weight excluding hydrogens is 250 g/mol. The molecule has 0 aliphatic carbocycles. The van der Waals surface area contributed by atoms with Crippen LogP contribution in [0.2, 0.25) is 5.15 Å². The Balaban J connectivity index is 1.85. The number of nitrogens with one attached hydrogen (secondary N) is 1. The smallest absolute Gasteiger partial charge is 0.222 e. The molecule has 0 bridgehead atoms. The van der Waals surface area contributed by atoms with Crippen molar-refractivity contribution in [2.45, 2.75) is 19.4 Å². The van der Waals surface area contributed by atoms with Crippen LogP contribution in [0.15, 0.2) is 18.2 Å². The minimum atomic E-state index is 0.163. The Kier molecular flexibility index (Phi) is 4.55. The summed E-state index contributed by atoms with van der Waals surface area (Å²) < 4.78 is 0. The van der Waals surface area contributed by atoms with E-state index < -0.39 is 0 Å². The Morgan fingerprint density at radius 2 is 2.22 bits per heavy atom. The van der Waals surface area contributed by atoms with Crippen molar-refractivity contribution in [1.82, 2.24) is 15.2 Å². The van der Waals surface area contributed by atoms with E-state index in [-0.39, 0.29) is 11.8 Å². The number of halogens is 1. The first-order chi connectivity index (χ1) is 8.69. The number of carbonyl (C=O) groups excluding carboxylic acids is 1. The van der Waals surface area contributed by atoms with Gasteiger partial charge >= 0.3 is 0 Å². The minimum Gasteiger partial charge on any atom is -0.359 e. The monoisotopic (exact) mass is 267 g/mol. The van der Waals surface area contributed by atoms with Crippen molar-refractivity contribution >= 4 is 17.5 Å². The van der Waals surface area contributed by atoms with Crippen LogP contribution in [0, 0.1) is 5.92 Å². The average molecular weight is 268 g/mol. The highest BCUT2D eigenvalue weighted by Gasteiger charge is 2.24. The van der Waals surface area contributed by atoms with Gasteiger partial charge in [-0.3, -0.25) is 9.69 Å². The topological polar surface area (TPSA) is 45.2 Å². The number of carbonyl (C=O) groups is 1. The first kappa shape index (κ1) is 13.3. The maximum atomic E-state index is 11.5. The lowest BCUT2D eigenvalue weighted by molar-refractivity contribution is -0.125. The molecule has 98 valence electrons. The fourth-order valence-electron chi connectivity index (χ4n) is 2.32. The van der Waals surface area contributed by atoms with Gasteiger partial charge in [-0.1, -0.05) is 17.7 Å². The second-order valence-electron chi connectivity index (χ2n) is 4.62. The molecule has 1 aliphatic heterocycles. The molecule has 0 spiro atoms. The van der Waals surface area contributed by atoms with E-state index in [9.17, 15) is 4.79 Å². The highest BCUT2D eigenvalue weighted by Crippen LogP contribution is 2.19. The standard InChI is InChI=1S/C13H18ClN3O/c1-15-13(18)10-5-7-17(8-6-10)9-11-3-2-4-12(14)16-11/h2-4,10H,5-9H2,1H3,(H,15,18). The van der Waals surface area contributed by atoms with Gasteiger partial charge in [-0.2, -0.15) is 0 Å². The van der Waals surface area contributed by atoms with Crippen molar-refractivity contribution in [2.24, 2.45) is 5.92 Å². The van der Waals surface area contributed by atoms with Crippen LogP contribution in [-0.2, 0) is 11.3 Å². The van der Waals surface area contributed by atoms with Crippen LogP contribution in [0.4, 0.5) is 0 Å². The fraction of sp³-hybridized carbons (Fsp3) is 0.538. The van der Waals surface area contributed by atoms with Crippen LogP contribution < -0.4 is 5.32 Å². The van der Waals surface area contributed by atoms with Crippen molar-refractivity contribution in [1.29, 1.82) is 0 Å². The summed E-state index contributed by atoms with van der Waals surface area (Å²) in [5.74, 6) is 0.328. The number of nitrogens with zero attached hydrogens (tertiary/aromatic N) is 2. The molecule has 1 fully saturated rings. The molecule has 0 atom stereocenters. The summed E-state index contributed by atoms with van der Waals surface area (Å²) in [6, 6.07) is 5.68. The lowest BCUT2D eigenvalue weighted by Gasteiger charge is -2.30. The highest BCUT2D eigenvalue weighted by molar-refractivity contribution is 6.29. The summed E-state index contributed by atoms with van der Waals surface area (Å²) in [5.41, 5.74) is 0.987. The van der Waals surface area contributed by atoms with E-state index in [1.165, 1.54) is 0 Å². The molecule has 0 saturated carbocycles. The average Bonchev–Trinajstić information content (AvgIpc) is 2.39. The quantitative estimate of drug-likeness (QED) is 0.848. The first-order valence-electron chi connectivity index (χ1n) is 6.24. The molecule has 18 heavy (non-hydrogen) atoms. The van der Waals surface area contributed by atoms with Crippen LogP contribution in [0.3, 0.4) is 0 Å². The lowest BCUT2D eigenvalue weighted by atomic mass is 9.96. The number of amides is 1. The van der Waals surface area contributed by atoms with Gasteiger partial charge in [0.05, 0.1) is 5.69 Å². The first-order valence-corrected chi connectivity index (χ1v) is 6.62. The fourth-order valence-corrected chi connectivity index (χ4v) is 2.51. The number of pyridine rings is 1. The third-order valence-electron chi connectivity index (χ3n) is 3.36. The van der Waals surface area contributed by atoms with E-state index >= 15 is 0 Å². The Morgan fingerprint density at radius 3 is 2.83 bits per heavy atom. The summed E-state index contributed by atoms with van der Waals surface area (Å²) in [7, 11) is 1.70. The molecule has 2 rings (SSSR count). The summed E-state index contributed by atoms with van der Waals surface area (Å²) in [6.07, 6.45) is 1.83. The molecule has 5 heteroatoms. The van der Waals surface area contributed by atoms with E-state index in [0.29, 0.717) is 5.15 Å². The number of rotatable bonds is 3. The number of piperidine rings is 1. The van der Waals surface area contributed by atoms with Crippen molar-refractivity contribution < 1.29 is 4.79 Å². The van der Waals surface area contributed by atoms with Crippen LogP contribution in [0.25, 0.3) is 0 Å². The van der Waals surface area contributed by atoms with Gasteiger partial charge in [-0.05, 0) is 38.1 Å². The van der Waals surface area contributed by atoms with E-state index in [0.717, 1.165) is 38.2 Å². The highest BCUT2D eigenvalue weighted by atomic mass is 35.5. The zero-order valence-corrected chi connectivity index (χ0v) is 11.3. The summed E-state index contributed by atoms with van der Waals surface area (Å²) >= 11 is 5.86. The van der Waals surface area contributed by atoms with Crippen LogP contribution in [-0.4, -0.2) is 35.9 Å². The number of hydrogen-bond acceptors (Lipinski definition) is 3. The van der Waals surface area contributed by atoms with Crippen LogP contribution in [0.1, 0.15) is 18.5 Å². The Labute approximate surface area is 112 Å². The number of likely N-dealkylation sites (tertiary alicyclic amines) is 1. The van der Waals surface area contributed by atoms with Crippen LogP contribution in [0.5, 0.6) is 0 Å². The number of hydrogen-bond donors (Lipinski definition) is 1. The van der Waals surface area contributed by atoms with Gasteiger partial charge in [0.15, 0.2) is 0 Å². The van der Waals surface area contributed by atoms with Gasteiger partial charge < -0.3 is 5.32 Å². The minimum absolute atomic E-state index is 0.163. The van der Waals surface area contributed by atoms with Crippen molar-refractivity contribution in [3.05, 3.63) is 29.0 Å². The molecule has 4 nitrogen and oxygen atoms in total. The van der Waals surface area contributed by atoms with Gasteiger partial charge in [0.25, 0.3) is 0 Å². The van der Waals surface area contributed by atoms with Gasteiger partial charge in [-0.15, -0.1) is 0 Å². The lowest BCUT2D eigenvalue weighted by Crippen LogP contribution is -2.39. The molecule has 1 aromatic rings. The molecule has 2 heterocycles. The third kappa shape index (κ3) is 3.43. The molecule has 0 aromatic carbocycles. The van der Waals surface area contributed by atoms with Crippen LogP contribution >= 0.6 is 11.6 Å². The normalized spacial score (nSPS) is 17.7. The van der Waals surface area contributed by atoms with E-state index in [2.05, 4.69) is 15.2 Å². The summed E-state index contributed by atoms with van der Waals surface area (Å²) in [4.78, 5) is 18.1.